The van der Waals surface area contributed by atoms with Gasteiger partial charge >= 0.3 is 0 Å². The molecule has 0 saturated heterocycles. The summed E-state index contributed by atoms with van der Waals surface area (Å²) in [5.74, 6) is 0.298. The molecule has 1 aromatic rings. The maximum absolute atomic E-state index is 11.4. The molecule has 0 aliphatic rings. The van der Waals surface area contributed by atoms with Crippen LogP contribution in [0.3, 0.4) is 0 Å². The Balaban J connectivity index is 2.65. The van der Waals surface area contributed by atoms with Crippen molar-refractivity contribution >= 4 is 27.7 Å². The topological polar surface area (TPSA) is 68.0 Å². The molecule has 0 aliphatic carbocycles. The maximum atomic E-state index is 11.4. The van der Waals surface area contributed by atoms with Crippen LogP contribution in [-0.4, -0.2) is 16.9 Å². The molecule has 1 heterocycles. The highest BCUT2D eigenvalue weighted by Crippen LogP contribution is 2.10. The number of carbonyl (C=O) groups excluding carboxylic acids is 1. The predicted molar refractivity (Wildman–Crippen MR) is 58.8 cm³/mol. The second-order valence-corrected chi connectivity index (χ2v) is 3.66. The summed E-state index contributed by atoms with van der Waals surface area (Å²) in [6.45, 7) is 1.86. The third-order valence-electron chi connectivity index (χ3n) is 1.74. The van der Waals surface area contributed by atoms with Crippen LogP contribution in [0.4, 0.5) is 5.82 Å². The zero-order valence-electron chi connectivity index (χ0n) is 7.83. The van der Waals surface area contributed by atoms with E-state index in [9.17, 15) is 4.79 Å². The maximum Gasteiger partial charge on any atom is 0.242 e. The normalized spacial score (nSPS) is 12.2. The molecule has 0 bridgehead atoms. The number of nitrogens with zero attached hydrogens (tertiary/aromatic N) is 1. The third kappa shape index (κ3) is 3.08. The van der Waals surface area contributed by atoms with E-state index >= 15 is 0 Å². The summed E-state index contributed by atoms with van der Waals surface area (Å²) in [5.41, 5.74) is 5.55. The van der Waals surface area contributed by atoms with Gasteiger partial charge in [0, 0.05) is 0 Å². The molecule has 0 spiro atoms. The Hall–Kier alpha value is -0.940. The van der Waals surface area contributed by atoms with Gasteiger partial charge in [0.25, 0.3) is 0 Å². The number of amides is 1. The van der Waals surface area contributed by atoms with E-state index in [2.05, 4.69) is 26.2 Å². The number of aromatic nitrogens is 1. The minimum absolute atomic E-state index is 0.210. The number of carbonyl (C=O) groups is 1. The van der Waals surface area contributed by atoms with Gasteiger partial charge in [-0.15, -0.1) is 0 Å². The predicted octanol–water partition coefficient (Wildman–Crippen LogP) is 1.52. The first-order chi connectivity index (χ1) is 6.63. The smallest absolute Gasteiger partial charge is 0.242 e. The molecular formula is C9H12BrN3O. The first-order valence-corrected chi connectivity index (χ1v) is 5.11. The number of hydrogen-bond donors (Lipinski definition) is 2. The highest BCUT2D eigenvalue weighted by atomic mass is 79.9. The molecule has 0 aromatic carbocycles. The zero-order valence-corrected chi connectivity index (χ0v) is 9.41. The molecule has 0 radical (unpaired) electrons. The molecule has 3 N–H and O–H groups in total. The van der Waals surface area contributed by atoms with Gasteiger partial charge in [0.2, 0.25) is 5.91 Å². The minimum Gasteiger partial charge on any atom is -0.320 e. The van der Waals surface area contributed by atoms with Crippen molar-refractivity contribution in [2.24, 2.45) is 5.73 Å². The van der Waals surface area contributed by atoms with E-state index in [4.69, 9.17) is 5.73 Å². The molecule has 1 unspecified atom stereocenters. The highest BCUT2D eigenvalue weighted by molar-refractivity contribution is 9.10. The van der Waals surface area contributed by atoms with Gasteiger partial charge in [-0.05, 0) is 34.5 Å². The molecule has 1 aromatic heterocycles. The number of anilines is 1. The van der Waals surface area contributed by atoms with Crippen molar-refractivity contribution in [2.75, 3.05) is 5.32 Å². The second kappa shape index (κ2) is 5.07. The van der Waals surface area contributed by atoms with Crippen molar-refractivity contribution in [2.45, 2.75) is 19.4 Å². The van der Waals surface area contributed by atoms with E-state index in [0.29, 0.717) is 16.8 Å². The Morgan fingerprint density at radius 1 is 1.71 bits per heavy atom. The highest BCUT2D eigenvalue weighted by Gasteiger charge is 2.11. The van der Waals surface area contributed by atoms with Crippen LogP contribution in [0.2, 0.25) is 0 Å². The van der Waals surface area contributed by atoms with Crippen molar-refractivity contribution in [1.29, 1.82) is 0 Å². The third-order valence-corrected chi connectivity index (χ3v) is 2.18. The monoisotopic (exact) mass is 257 g/mol. The van der Waals surface area contributed by atoms with Gasteiger partial charge < -0.3 is 11.1 Å². The summed E-state index contributed by atoms with van der Waals surface area (Å²) < 4.78 is 0.681. The zero-order chi connectivity index (χ0) is 10.6. The molecule has 4 nitrogen and oxygen atoms in total. The minimum atomic E-state index is -0.476. The van der Waals surface area contributed by atoms with Gasteiger partial charge in [0.1, 0.15) is 10.4 Å². The lowest BCUT2D eigenvalue weighted by Gasteiger charge is -2.08. The molecule has 0 aliphatic heterocycles. The number of nitrogens with two attached hydrogens (primary N) is 1. The average Bonchev–Trinajstić information content (AvgIpc) is 2.16. The lowest BCUT2D eigenvalue weighted by atomic mass is 10.2. The van der Waals surface area contributed by atoms with Crippen LogP contribution >= 0.6 is 15.9 Å². The largest absolute Gasteiger partial charge is 0.320 e. The van der Waals surface area contributed by atoms with E-state index in [0.717, 1.165) is 0 Å². The molecule has 5 heteroatoms. The Labute approximate surface area is 91.0 Å². The van der Waals surface area contributed by atoms with Crippen LogP contribution in [0.1, 0.15) is 13.3 Å². The molecule has 1 atom stereocenters. The van der Waals surface area contributed by atoms with Crippen LogP contribution in [0.15, 0.2) is 22.8 Å². The summed E-state index contributed by atoms with van der Waals surface area (Å²) in [6.07, 6.45) is 0.611. The molecular weight excluding hydrogens is 246 g/mol. The van der Waals surface area contributed by atoms with Gasteiger partial charge in [-0.3, -0.25) is 4.79 Å². The average molecular weight is 258 g/mol. The van der Waals surface area contributed by atoms with Crippen LogP contribution in [0.5, 0.6) is 0 Å². The van der Waals surface area contributed by atoms with Gasteiger partial charge in [-0.1, -0.05) is 13.0 Å². The number of nitrogens with one attached hydrogen (secondary N) is 1. The van der Waals surface area contributed by atoms with Crippen molar-refractivity contribution in [3.63, 3.8) is 0 Å². The van der Waals surface area contributed by atoms with Crippen LogP contribution < -0.4 is 11.1 Å². The van der Waals surface area contributed by atoms with E-state index < -0.39 is 6.04 Å². The Bertz CT molecular complexity index is 330. The molecule has 0 saturated carbocycles. The SMILES string of the molecule is CCC(N)C(=O)Nc1cccc(Br)n1. The van der Waals surface area contributed by atoms with Crippen molar-refractivity contribution in [1.82, 2.24) is 4.98 Å². The number of pyridine rings is 1. The fourth-order valence-electron chi connectivity index (χ4n) is 0.882. The summed E-state index contributed by atoms with van der Waals surface area (Å²) in [4.78, 5) is 15.4. The van der Waals surface area contributed by atoms with E-state index in [1.807, 2.05) is 6.92 Å². The standard InChI is InChI=1S/C9H12BrN3O/c1-2-6(11)9(14)13-8-5-3-4-7(10)12-8/h3-6H,2,11H2,1H3,(H,12,13,14). The molecule has 14 heavy (non-hydrogen) atoms. The van der Waals surface area contributed by atoms with Crippen LogP contribution in [-0.2, 0) is 4.79 Å². The van der Waals surface area contributed by atoms with E-state index in [-0.39, 0.29) is 5.91 Å². The van der Waals surface area contributed by atoms with Crippen LogP contribution in [0, 0.1) is 0 Å². The fraction of sp³-hybridized carbons (Fsp3) is 0.333. The number of halogens is 1. The van der Waals surface area contributed by atoms with Crippen LogP contribution in [0.25, 0.3) is 0 Å². The van der Waals surface area contributed by atoms with Gasteiger partial charge in [-0.2, -0.15) is 0 Å². The molecule has 1 rings (SSSR count). The summed E-state index contributed by atoms with van der Waals surface area (Å²) in [7, 11) is 0. The summed E-state index contributed by atoms with van der Waals surface area (Å²) in [5, 5.41) is 2.63. The summed E-state index contributed by atoms with van der Waals surface area (Å²) >= 11 is 3.21. The fourth-order valence-corrected chi connectivity index (χ4v) is 1.23. The van der Waals surface area contributed by atoms with Crippen molar-refractivity contribution in [3.8, 4) is 0 Å². The van der Waals surface area contributed by atoms with Gasteiger partial charge in [-0.25, -0.2) is 4.98 Å². The van der Waals surface area contributed by atoms with Crippen molar-refractivity contribution in [3.05, 3.63) is 22.8 Å². The first kappa shape index (κ1) is 11.1. The second-order valence-electron chi connectivity index (χ2n) is 2.85. The van der Waals surface area contributed by atoms with Crippen molar-refractivity contribution < 1.29 is 4.79 Å². The van der Waals surface area contributed by atoms with E-state index in [1.54, 1.807) is 18.2 Å². The number of hydrogen-bond acceptors (Lipinski definition) is 3. The lowest BCUT2D eigenvalue weighted by molar-refractivity contribution is -0.117. The number of rotatable bonds is 3. The quantitative estimate of drug-likeness (QED) is 0.807. The first-order valence-electron chi connectivity index (χ1n) is 4.32. The van der Waals surface area contributed by atoms with E-state index in [1.165, 1.54) is 0 Å². The molecule has 0 fully saturated rings. The molecule has 76 valence electrons. The van der Waals surface area contributed by atoms with Gasteiger partial charge in [0.05, 0.1) is 6.04 Å². The van der Waals surface area contributed by atoms with Gasteiger partial charge in [0.15, 0.2) is 0 Å². The summed E-state index contributed by atoms with van der Waals surface area (Å²) in [6, 6.07) is 4.82. The Morgan fingerprint density at radius 2 is 2.43 bits per heavy atom. The lowest BCUT2D eigenvalue weighted by Crippen LogP contribution is -2.35. The molecule has 1 amide bonds. The Kier molecular flexibility index (Phi) is 4.03. The Morgan fingerprint density at radius 3 is 3.00 bits per heavy atom.